The Hall–Kier alpha value is -4.32. The molecule has 0 aliphatic carbocycles. The highest BCUT2D eigenvalue weighted by Gasteiger charge is 2.46. The van der Waals surface area contributed by atoms with Gasteiger partial charge < -0.3 is 19.7 Å². The fourth-order valence-electron chi connectivity index (χ4n) is 4.72. The van der Waals surface area contributed by atoms with E-state index in [1.165, 1.54) is 0 Å². The first-order valence-electron chi connectivity index (χ1n) is 11.5. The number of hydrogen-bond acceptors (Lipinski definition) is 4. The highest BCUT2D eigenvalue weighted by Crippen LogP contribution is 2.40. The summed E-state index contributed by atoms with van der Waals surface area (Å²) in [6.07, 6.45) is 2.50. The highest BCUT2D eigenvalue weighted by atomic mass is 16.5. The molecule has 6 heteroatoms. The van der Waals surface area contributed by atoms with Gasteiger partial charge in [0.15, 0.2) is 0 Å². The first-order chi connectivity index (χ1) is 17.0. The fourth-order valence-corrected chi connectivity index (χ4v) is 4.72. The average molecular weight is 467 g/mol. The predicted molar refractivity (Wildman–Crippen MR) is 135 cm³/mol. The van der Waals surface area contributed by atoms with Crippen LogP contribution in [0.1, 0.15) is 28.3 Å². The van der Waals surface area contributed by atoms with Crippen molar-refractivity contribution >= 4 is 28.4 Å². The molecule has 1 aliphatic heterocycles. The molecule has 0 saturated carbocycles. The Morgan fingerprint density at radius 2 is 1.80 bits per heavy atom. The molecule has 0 spiro atoms. The number of fused-ring (bicyclic) bond motifs is 1. The minimum absolute atomic E-state index is 0.0889. The molecule has 1 fully saturated rings. The lowest BCUT2D eigenvalue weighted by molar-refractivity contribution is -0.139. The maximum Gasteiger partial charge on any atom is 0.295 e. The zero-order valence-electron chi connectivity index (χ0n) is 19.6. The summed E-state index contributed by atoms with van der Waals surface area (Å²) in [4.78, 5) is 31.3. The molecule has 0 unspecified atom stereocenters. The molecule has 0 radical (unpaired) electrons. The lowest BCUT2D eigenvalue weighted by Crippen LogP contribution is -2.31. The number of aliphatic hydroxyl groups is 1. The van der Waals surface area contributed by atoms with Crippen molar-refractivity contribution in [3.63, 3.8) is 0 Å². The van der Waals surface area contributed by atoms with Gasteiger partial charge in [-0.05, 0) is 42.7 Å². The van der Waals surface area contributed by atoms with Crippen LogP contribution in [0.15, 0.2) is 84.6 Å². The number of carbonyl (C=O) groups is 2. The standard InChI is InChI=1S/C29H26N2O4/c1-18-10-12-19(13-11-18)27(32)25-26(20-6-5-7-22(16-20)35-2)31(29(34)28(25)33)15-14-21-17-30-24-9-4-3-8-23(21)24/h3-13,16-17,26,30,32H,14-15H2,1-2H3/t26-/m1/s1. The number of aryl methyl sites for hydroxylation is 1. The van der Waals surface area contributed by atoms with Gasteiger partial charge in [0.25, 0.3) is 11.7 Å². The zero-order valence-corrected chi connectivity index (χ0v) is 19.6. The van der Waals surface area contributed by atoms with Crippen LogP contribution in [0.4, 0.5) is 0 Å². The second-order valence-corrected chi connectivity index (χ2v) is 8.74. The molecule has 1 aliphatic rings. The summed E-state index contributed by atoms with van der Waals surface area (Å²) < 4.78 is 5.39. The van der Waals surface area contributed by atoms with Crippen molar-refractivity contribution in [2.75, 3.05) is 13.7 Å². The Morgan fingerprint density at radius 3 is 2.57 bits per heavy atom. The van der Waals surface area contributed by atoms with E-state index in [1.54, 1.807) is 30.2 Å². The first kappa shape index (κ1) is 22.5. The Morgan fingerprint density at radius 1 is 1.03 bits per heavy atom. The number of nitrogens with zero attached hydrogens (tertiary/aromatic N) is 1. The molecule has 6 nitrogen and oxygen atoms in total. The van der Waals surface area contributed by atoms with Crippen molar-refractivity contribution in [2.45, 2.75) is 19.4 Å². The first-order valence-corrected chi connectivity index (χ1v) is 11.5. The number of aromatic amines is 1. The number of benzene rings is 3. The molecular formula is C29H26N2O4. The number of nitrogens with one attached hydrogen (secondary N) is 1. The van der Waals surface area contributed by atoms with Gasteiger partial charge in [-0.15, -0.1) is 0 Å². The van der Waals surface area contributed by atoms with Gasteiger partial charge in [-0.25, -0.2) is 0 Å². The second kappa shape index (κ2) is 9.14. The number of H-pyrrole nitrogens is 1. The quantitative estimate of drug-likeness (QED) is 0.234. The molecule has 3 aromatic carbocycles. The predicted octanol–water partition coefficient (Wildman–Crippen LogP) is 5.15. The monoisotopic (exact) mass is 466 g/mol. The zero-order chi connectivity index (χ0) is 24.5. The van der Waals surface area contributed by atoms with Crippen LogP contribution >= 0.6 is 0 Å². The van der Waals surface area contributed by atoms with Crippen LogP contribution in [-0.2, 0) is 16.0 Å². The maximum absolute atomic E-state index is 13.3. The van der Waals surface area contributed by atoms with E-state index in [-0.39, 0.29) is 11.3 Å². The van der Waals surface area contributed by atoms with E-state index in [0.717, 1.165) is 22.0 Å². The van der Waals surface area contributed by atoms with Gasteiger partial charge in [-0.1, -0.05) is 60.2 Å². The number of aliphatic hydroxyl groups excluding tert-OH is 1. The number of ether oxygens (including phenoxy) is 1. The van der Waals surface area contributed by atoms with E-state index in [2.05, 4.69) is 4.98 Å². The van der Waals surface area contributed by atoms with Gasteiger partial charge >= 0.3 is 0 Å². The molecule has 1 atom stereocenters. The topological polar surface area (TPSA) is 82.6 Å². The molecule has 1 aromatic heterocycles. The normalized spacial score (nSPS) is 17.3. The number of aromatic nitrogens is 1. The van der Waals surface area contributed by atoms with Crippen molar-refractivity contribution in [3.05, 3.63) is 107 Å². The minimum Gasteiger partial charge on any atom is -0.507 e. The summed E-state index contributed by atoms with van der Waals surface area (Å²) in [5, 5.41) is 12.3. The third-order valence-corrected chi connectivity index (χ3v) is 6.57. The van der Waals surface area contributed by atoms with Crippen LogP contribution in [0.3, 0.4) is 0 Å². The van der Waals surface area contributed by atoms with E-state index >= 15 is 0 Å². The molecule has 35 heavy (non-hydrogen) atoms. The van der Waals surface area contributed by atoms with Crippen LogP contribution in [0.2, 0.25) is 0 Å². The van der Waals surface area contributed by atoms with E-state index in [1.807, 2.05) is 67.7 Å². The summed E-state index contributed by atoms with van der Waals surface area (Å²) in [5.41, 5.74) is 4.41. The molecular weight excluding hydrogens is 440 g/mol. The number of amides is 1. The van der Waals surface area contributed by atoms with Crippen LogP contribution in [-0.4, -0.2) is 40.3 Å². The molecule has 5 rings (SSSR count). The van der Waals surface area contributed by atoms with Crippen LogP contribution < -0.4 is 4.74 Å². The molecule has 176 valence electrons. The van der Waals surface area contributed by atoms with Crippen molar-refractivity contribution in [1.82, 2.24) is 9.88 Å². The van der Waals surface area contributed by atoms with E-state index < -0.39 is 17.7 Å². The van der Waals surface area contributed by atoms with Crippen molar-refractivity contribution < 1.29 is 19.4 Å². The van der Waals surface area contributed by atoms with Crippen LogP contribution in [0.5, 0.6) is 5.75 Å². The largest absolute Gasteiger partial charge is 0.507 e. The summed E-state index contributed by atoms with van der Waals surface area (Å²) in [7, 11) is 1.57. The highest BCUT2D eigenvalue weighted by molar-refractivity contribution is 6.46. The number of hydrogen-bond donors (Lipinski definition) is 2. The van der Waals surface area contributed by atoms with Gasteiger partial charge in [0, 0.05) is 29.2 Å². The van der Waals surface area contributed by atoms with Crippen molar-refractivity contribution in [2.24, 2.45) is 0 Å². The SMILES string of the molecule is COc1cccc([C@@H]2C(=C(O)c3ccc(C)cc3)C(=O)C(=O)N2CCc2c[nH]c3ccccc23)c1. The molecule has 2 heterocycles. The molecule has 0 bridgehead atoms. The Labute approximate surface area is 203 Å². The molecule has 4 aromatic rings. The third-order valence-electron chi connectivity index (χ3n) is 6.57. The van der Waals surface area contributed by atoms with Gasteiger partial charge in [0.1, 0.15) is 11.5 Å². The van der Waals surface area contributed by atoms with Crippen molar-refractivity contribution in [3.8, 4) is 5.75 Å². The number of likely N-dealkylation sites (tertiary alicyclic amines) is 1. The Balaban J connectivity index is 1.58. The number of carbonyl (C=O) groups excluding carboxylic acids is 2. The lowest BCUT2D eigenvalue weighted by Gasteiger charge is -2.25. The summed E-state index contributed by atoms with van der Waals surface area (Å²) in [6, 6.07) is 21.8. The van der Waals surface area contributed by atoms with E-state index in [4.69, 9.17) is 4.74 Å². The Bertz CT molecular complexity index is 1450. The second-order valence-electron chi connectivity index (χ2n) is 8.74. The molecule has 1 amide bonds. The minimum atomic E-state index is -0.725. The van der Waals surface area contributed by atoms with Gasteiger partial charge in [-0.2, -0.15) is 0 Å². The average Bonchev–Trinajstić information content (AvgIpc) is 3.41. The fraction of sp³-hybridized carbons (Fsp3) is 0.172. The summed E-state index contributed by atoms with van der Waals surface area (Å²) in [5.74, 6) is -0.869. The van der Waals surface area contributed by atoms with Crippen molar-refractivity contribution in [1.29, 1.82) is 0 Å². The summed E-state index contributed by atoms with van der Waals surface area (Å²) in [6.45, 7) is 2.27. The van der Waals surface area contributed by atoms with Gasteiger partial charge in [-0.3, -0.25) is 9.59 Å². The van der Waals surface area contributed by atoms with Crippen LogP contribution in [0, 0.1) is 6.92 Å². The number of ketones is 1. The summed E-state index contributed by atoms with van der Waals surface area (Å²) >= 11 is 0. The van der Waals surface area contributed by atoms with Gasteiger partial charge in [0.05, 0.1) is 18.7 Å². The molecule has 2 N–H and O–H groups in total. The number of Topliss-reactive ketones (excluding diaryl/α,β-unsaturated/α-hetero) is 1. The molecule has 1 saturated heterocycles. The maximum atomic E-state index is 13.3. The van der Waals surface area contributed by atoms with E-state index in [9.17, 15) is 14.7 Å². The Kier molecular flexibility index (Phi) is 5.87. The number of rotatable bonds is 6. The smallest absolute Gasteiger partial charge is 0.295 e. The number of methoxy groups -OCH3 is 1. The van der Waals surface area contributed by atoms with Gasteiger partial charge in [0.2, 0.25) is 0 Å². The lowest BCUT2D eigenvalue weighted by atomic mass is 9.94. The van der Waals surface area contributed by atoms with E-state index in [0.29, 0.717) is 29.8 Å². The third kappa shape index (κ3) is 4.08. The van der Waals surface area contributed by atoms with Crippen LogP contribution in [0.25, 0.3) is 16.7 Å². The number of para-hydroxylation sites is 1.